The highest BCUT2D eigenvalue weighted by molar-refractivity contribution is 8.03. The summed E-state index contributed by atoms with van der Waals surface area (Å²) in [5.41, 5.74) is 2.70. The number of hydrogen-bond acceptors (Lipinski definition) is 4. The van der Waals surface area contributed by atoms with E-state index in [1.54, 1.807) is 14.2 Å². The zero-order valence-electron chi connectivity index (χ0n) is 14.8. The Morgan fingerprint density at radius 1 is 0.667 bits per heavy atom. The Balaban J connectivity index is 2.33. The van der Waals surface area contributed by atoms with Crippen molar-refractivity contribution in [3.63, 3.8) is 0 Å². The van der Waals surface area contributed by atoms with Gasteiger partial charge in [0.2, 0.25) is 0 Å². The third-order valence-electron chi connectivity index (χ3n) is 3.86. The molecule has 24 heavy (non-hydrogen) atoms. The molecule has 0 fully saturated rings. The number of hydrogen-bond donors (Lipinski definition) is 0. The van der Waals surface area contributed by atoms with Crippen LogP contribution in [0.5, 0.6) is 11.5 Å². The monoisotopic (exact) mass is 362 g/mol. The molecule has 0 N–H and O–H groups in total. The minimum absolute atomic E-state index is 0.416. The van der Waals surface area contributed by atoms with Crippen LogP contribution < -0.4 is 9.47 Å². The number of rotatable bonds is 9. The molecule has 2 nitrogen and oxygen atoms in total. The lowest BCUT2D eigenvalue weighted by Gasteiger charge is -2.27. The van der Waals surface area contributed by atoms with Gasteiger partial charge >= 0.3 is 0 Å². The van der Waals surface area contributed by atoms with Crippen LogP contribution in [0.1, 0.15) is 35.5 Å². The Hall–Kier alpha value is -1.26. The summed E-state index contributed by atoms with van der Waals surface area (Å²) >= 11 is 4.01. The van der Waals surface area contributed by atoms with Crippen molar-refractivity contribution in [2.24, 2.45) is 0 Å². The number of thioether (sulfide) groups is 2. The third kappa shape index (κ3) is 4.87. The fourth-order valence-corrected chi connectivity index (χ4v) is 5.22. The second kappa shape index (κ2) is 9.90. The number of ether oxygens (including phenoxy) is 2. The van der Waals surface area contributed by atoms with E-state index in [1.165, 1.54) is 11.1 Å². The van der Waals surface area contributed by atoms with E-state index < -0.39 is 0 Å². The lowest BCUT2D eigenvalue weighted by atomic mass is 10.0. The fraction of sp³-hybridized carbons (Fsp3) is 0.400. The highest BCUT2D eigenvalue weighted by atomic mass is 32.2. The van der Waals surface area contributed by atoms with Gasteiger partial charge in [0, 0.05) is 10.5 Å². The van der Waals surface area contributed by atoms with E-state index in [4.69, 9.17) is 9.47 Å². The first kappa shape index (κ1) is 19.1. The average molecular weight is 363 g/mol. The van der Waals surface area contributed by atoms with Crippen molar-refractivity contribution in [2.45, 2.75) is 24.3 Å². The second-order valence-electron chi connectivity index (χ2n) is 5.30. The van der Waals surface area contributed by atoms with Crippen LogP contribution in [0.25, 0.3) is 0 Å². The van der Waals surface area contributed by atoms with E-state index in [0.717, 1.165) is 23.0 Å². The van der Waals surface area contributed by atoms with Crippen molar-refractivity contribution in [3.05, 3.63) is 59.7 Å². The second-order valence-corrected chi connectivity index (χ2v) is 8.14. The molecule has 0 amide bonds. The molecule has 0 unspecified atom stereocenters. The average Bonchev–Trinajstić information content (AvgIpc) is 2.65. The van der Waals surface area contributed by atoms with Crippen molar-refractivity contribution >= 4 is 23.5 Å². The van der Waals surface area contributed by atoms with Gasteiger partial charge in [-0.05, 0) is 46.9 Å². The number of benzene rings is 2. The van der Waals surface area contributed by atoms with Crippen LogP contribution in [0.3, 0.4) is 0 Å². The zero-order chi connectivity index (χ0) is 17.4. The van der Waals surface area contributed by atoms with Gasteiger partial charge in [0.15, 0.2) is 0 Å². The maximum Gasteiger partial charge on any atom is 0.118 e. The first-order chi connectivity index (χ1) is 11.7. The van der Waals surface area contributed by atoms with Crippen LogP contribution in [-0.2, 0) is 0 Å². The summed E-state index contributed by atoms with van der Waals surface area (Å²) in [5, 5.41) is 0.832. The maximum atomic E-state index is 5.30. The molecule has 0 spiro atoms. The van der Waals surface area contributed by atoms with Crippen LogP contribution in [0.15, 0.2) is 48.5 Å². The molecule has 0 aliphatic carbocycles. The Labute approximate surface area is 154 Å². The van der Waals surface area contributed by atoms with E-state index in [-0.39, 0.29) is 0 Å². The van der Waals surface area contributed by atoms with E-state index >= 15 is 0 Å². The molecule has 0 aliphatic heterocycles. The largest absolute Gasteiger partial charge is 0.497 e. The van der Waals surface area contributed by atoms with Crippen molar-refractivity contribution in [3.8, 4) is 11.5 Å². The molecule has 0 radical (unpaired) electrons. The molecule has 0 aromatic heterocycles. The van der Waals surface area contributed by atoms with Gasteiger partial charge in [-0.3, -0.25) is 0 Å². The molecular formula is C20H26O2S2. The van der Waals surface area contributed by atoms with Gasteiger partial charge in [-0.25, -0.2) is 0 Å². The molecule has 2 aromatic rings. The van der Waals surface area contributed by atoms with E-state index in [2.05, 4.69) is 62.4 Å². The van der Waals surface area contributed by atoms with Crippen LogP contribution in [0.4, 0.5) is 0 Å². The Morgan fingerprint density at radius 3 is 1.25 bits per heavy atom. The maximum absolute atomic E-state index is 5.30. The molecule has 4 heteroatoms. The topological polar surface area (TPSA) is 18.5 Å². The standard InChI is InChI=1S/C20H26O2S2/c1-5-23-19(15-7-11-17(21-3)12-8-15)20(24-6-2)16-9-13-18(22-4)14-10-16/h7-14,19-20H,5-6H2,1-4H3/t19-,20+. The van der Waals surface area contributed by atoms with Crippen LogP contribution in [0, 0.1) is 0 Å². The molecule has 0 saturated heterocycles. The molecule has 2 rings (SSSR count). The van der Waals surface area contributed by atoms with Crippen LogP contribution >= 0.6 is 23.5 Å². The summed E-state index contributed by atoms with van der Waals surface area (Å²) in [6.45, 7) is 4.45. The summed E-state index contributed by atoms with van der Waals surface area (Å²) in [6, 6.07) is 17.0. The Morgan fingerprint density at radius 2 is 1.00 bits per heavy atom. The van der Waals surface area contributed by atoms with Gasteiger partial charge in [0.25, 0.3) is 0 Å². The first-order valence-corrected chi connectivity index (χ1v) is 10.3. The highest BCUT2D eigenvalue weighted by Crippen LogP contribution is 2.48. The summed E-state index contributed by atoms with van der Waals surface area (Å²) in [4.78, 5) is 0. The van der Waals surface area contributed by atoms with E-state index in [9.17, 15) is 0 Å². The Kier molecular flexibility index (Phi) is 7.86. The summed E-state index contributed by atoms with van der Waals surface area (Å²) in [5.74, 6) is 3.99. The van der Waals surface area contributed by atoms with Gasteiger partial charge in [-0.1, -0.05) is 38.1 Å². The normalized spacial score (nSPS) is 13.3. The quantitative estimate of drug-likeness (QED) is 0.545. The molecule has 0 heterocycles. The minimum Gasteiger partial charge on any atom is -0.497 e. The third-order valence-corrected chi connectivity index (χ3v) is 6.50. The van der Waals surface area contributed by atoms with Crippen LogP contribution in [-0.4, -0.2) is 25.7 Å². The fourth-order valence-electron chi connectivity index (χ4n) is 2.66. The van der Waals surface area contributed by atoms with Crippen molar-refractivity contribution in [1.29, 1.82) is 0 Å². The van der Waals surface area contributed by atoms with Gasteiger partial charge in [-0.2, -0.15) is 23.5 Å². The molecule has 0 aliphatic rings. The van der Waals surface area contributed by atoms with E-state index in [0.29, 0.717) is 10.5 Å². The first-order valence-electron chi connectivity index (χ1n) is 8.24. The SMILES string of the molecule is CCS[C@H](c1ccc(OC)cc1)[C@@H](SCC)c1ccc(OC)cc1. The predicted octanol–water partition coefficient (Wildman–Crippen LogP) is 5.99. The smallest absolute Gasteiger partial charge is 0.118 e. The lowest BCUT2D eigenvalue weighted by molar-refractivity contribution is 0.414. The van der Waals surface area contributed by atoms with Crippen molar-refractivity contribution < 1.29 is 9.47 Å². The van der Waals surface area contributed by atoms with Gasteiger partial charge in [-0.15, -0.1) is 0 Å². The van der Waals surface area contributed by atoms with Gasteiger partial charge < -0.3 is 9.47 Å². The molecule has 2 atom stereocenters. The molecule has 2 aromatic carbocycles. The molecular weight excluding hydrogens is 336 g/mol. The van der Waals surface area contributed by atoms with Crippen LogP contribution in [0.2, 0.25) is 0 Å². The van der Waals surface area contributed by atoms with Gasteiger partial charge in [0.05, 0.1) is 14.2 Å². The van der Waals surface area contributed by atoms with Crippen molar-refractivity contribution in [1.82, 2.24) is 0 Å². The number of methoxy groups -OCH3 is 2. The Bertz CT molecular complexity index is 541. The van der Waals surface area contributed by atoms with Gasteiger partial charge in [0.1, 0.15) is 11.5 Å². The highest BCUT2D eigenvalue weighted by Gasteiger charge is 2.25. The minimum atomic E-state index is 0.416. The van der Waals surface area contributed by atoms with Crippen molar-refractivity contribution in [2.75, 3.05) is 25.7 Å². The van der Waals surface area contributed by atoms with E-state index in [1.807, 2.05) is 23.5 Å². The lowest BCUT2D eigenvalue weighted by Crippen LogP contribution is -2.07. The zero-order valence-corrected chi connectivity index (χ0v) is 16.5. The molecule has 130 valence electrons. The molecule has 0 bridgehead atoms. The summed E-state index contributed by atoms with van der Waals surface area (Å²) in [6.07, 6.45) is 0. The summed E-state index contributed by atoms with van der Waals surface area (Å²) in [7, 11) is 3.42. The predicted molar refractivity (Wildman–Crippen MR) is 108 cm³/mol. The summed E-state index contributed by atoms with van der Waals surface area (Å²) < 4.78 is 10.6. The molecule has 0 saturated carbocycles.